The summed E-state index contributed by atoms with van der Waals surface area (Å²) in [6.45, 7) is 4.10. The number of nitrogens with zero attached hydrogens (tertiary/aromatic N) is 4. The van der Waals surface area contributed by atoms with Crippen molar-refractivity contribution >= 4 is 37.1 Å². The lowest BCUT2D eigenvalue weighted by Crippen LogP contribution is -2.15. The summed E-state index contributed by atoms with van der Waals surface area (Å²) in [5.41, 5.74) is 2.27. The number of hydrogen-bond donors (Lipinski definition) is 2. The Bertz CT molecular complexity index is 1270. The van der Waals surface area contributed by atoms with E-state index in [1.54, 1.807) is 30.5 Å². The standard InChI is InChI=1S/C17H22N6O4S2/c1-11(2)13-10-19-23-15(13)20-17(28(3,24)25)21-16(23)18-9-12-7-5-6-8-14(12)22-29(4,26)27/h5-8,10-11,22H,9H2,1-4H3,(H,18,20,21). The molecule has 0 radical (unpaired) electrons. The fraction of sp³-hybridized carbons (Fsp3) is 0.353. The molecule has 10 nitrogen and oxygen atoms in total. The summed E-state index contributed by atoms with van der Waals surface area (Å²) >= 11 is 0. The number of fused-ring (bicyclic) bond motifs is 1. The third kappa shape index (κ3) is 4.82. The molecule has 0 amide bonds. The van der Waals surface area contributed by atoms with Crippen LogP contribution in [0.4, 0.5) is 11.6 Å². The van der Waals surface area contributed by atoms with Crippen LogP contribution < -0.4 is 10.0 Å². The lowest BCUT2D eigenvalue weighted by molar-refractivity contribution is 0.591. The third-order valence-corrected chi connectivity index (χ3v) is 5.51. The minimum atomic E-state index is -3.65. The molecule has 0 aliphatic rings. The highest BCUT2D eigenvalue weighted by Gasteiger charge is 2.20. The van der Waals surface area contributed by atoms with Crippen LogP contribution >= 0.6 is 0 Å². The van der Waals surface area contributed by atoms with E-state index in [-0.39, 0.29) is 23.6 Å². The second-order valence-electron chi connectivity index (χ2n) is 6.98. The second kappa shape index (κ2) is 7.59. The predicted octanol–water partition coefficient (Wildman–Crippen LogP) is 1.63. The van der Waals surface area contributed by atoms with Crippen LogP contribution in [-0.2, 0) is 26.4 Å². The first-order chi connectivity index (χ1) is 13.5. The van der Waals surface area contributed by atoms with Gasteiger partial charge in [-0.15, -0.1) is 0 Å². The number of para-hydroxylation sites is 1. The fourth-order valence-electron chi connectivity index (χ4n) is 2.71. The van der Waals surface area contributed by atoms with Crippen molar-refractivity contribution in [2.45, 2.75) is 31.5 Å². The summed E-state index contributed by atoms with van der Waals surface area (Å²) < 4.78 is 51.2. The normalized spacial score (nSPS) is 12.4. The van der Waals surface area contributed by atoms with Gasteiger partial charge in [-0.05, 0) is 17.5 Å². The van der Waals surface area contributed by atoms with Gasteiger partial charge in [0.15, 0.2) is 5.65 Å². The molecule has 2 heterocycles. The number of hydrogen-bond acceptors (Lipinski definition) is 8. The molecule has 0 unspecified atom stereocenters. The first kappa shape index (κ1) is 21.0. The Labute approximate surface area is 169 Å². The van der Waals surface area contributed by atoms with E-state index in [0.717, 1.165) is 18.1 Å². The minimum Gasteiger partial charge on any atom is -0.350 e. The van der Waals surface area contributed by atoms with Crippen molar-refractivity contribution in [2.75, 3.05) is 22.6 Å². The van der Waals surface area contributed by atoms with Gasteiger partial charge in [-0.2, -0.15) is 19.6 Å². The van der Waals surface area contributed by atoms with Gasteiger partial charge in [-0.25, -0.2) is 16.8 Å². The Balaban J connectivity index is 2.03. The summed E-state index contributed by atoms with van der Waals surface area (Å²) in [7, 11) is -7.10. The van der Waals surface area contributed by atoms with E-state index in [2.05, 4.69) is 25.1 Å². The molecule has 3 aromatic rings. The second-order valence-corrected chi connectivity index (χ2v) is 10.6. The average Bonchev–Trinajstić information content (AvgIpc) is 3.03. The van der Waals surface area contributed by atoms with Crippen LogP contribution in [0, 0.1) is 0 Å². The van der Waals surface area contributed by atoms with Gasteiger partial charge in [0.2, 0.25) is 25.8 Å². The Morgan fingerprint density at radius 1 is 1.07 bits per heavy atom. The summed E-state index contributed by atoms with van der Waals surface area (Å²) in [4.78, 5) is 8.29. The molecular weight excluding hydrogens is 416 g/mol. The first-order valence-corrected chi connectivity index (χ1v) is 12.5. The topological polar surface area (TPSA) is 135 Å². The molecule has 29 heavy (non-hydrogen) atoms. The van der Waals surface area contributed by atoms with Crippen molar-refractivity contribution < 1.29 is 16.8 Å². The number of aromatic nitrogens is 4. The Morgan fingerprint density at radius 3 is 2.38 bits per heavy atom. The number of nitrogens with one attached hydrogen (secondary N) is 2. The van der Waals surface area contributed by atoms with E-state index >= 15 is 0 Å². The Morgan fingerprint density at radius 2 is 1.76 bits per heavy atom. The molecule has 0 atom stereocenters. The largest absolute Gasteiger partial charge is 0.350 e. The van der Waals surface area contributed by atoms with Crippen molar-refractivity contribution in [3.05, 3.63) is 41.6 Å². The molecule has 156 valence electrons. The molecule has 0 spiro atoms. The molecule has 1 aromatic carbocycles. The molecule has 0 fully saturated rings. The predicted molar refractivity (Wildman–Crippen MR) is 110 cm³/mol. The van der Waals surface area contributed by atoms with Gasteiger partial charge in [0.1, 0.15) is 0 Å². The molecule has 2 N–H and O–H groups in total. The van der Waals surface area contributed by atoms with E-state index in [1.165, 1.54) is 4.52 Å². The SMILES string of the molecule is CC(C)c1cnn2c(NCc3ccccc3NS(C)(=O)=O)nc(S(C)(=O)=O)nc12. The van der Waals surface area contributed by atoms with Crippen LogP contribution in [0.3, 0.4) is 0 Å². The van der Waals surface area contributed by atoms with Crippen molar-refractivity contribution in [1.29, 1.82) is 0 Å². The summed E-state index contributed by atoms with van der Waals surface area (Å²) in [5.74, 6) is 0.277. The van der Waals surface area contributed by atoms with E-state index < -0.39 is 19.9 Å². The van der Waals surface area contributed by atoms with E-state index in [9.17, 15) is 16.8 Å². The zero-order chi connectivity index (χ0) is 21.4. The lowest BCUT2D eigenvalue weighted by Gasteiger charge is -2.13. The zero-order valence-corrected chi connectivity index (χ0v) is 18.0. The maximum Gasteiger partial charge on any atom is 0.252 e. The Kier molecular flexibility index (Phi) is 5.50. The number of rotatable bonds is 7. The number of sulfone groups is 1. The van der Waals surface area contributed by atoms with Gasteiger partial charge < -0.3 is 5.32 Å². The third-order valence-electron chi connectivity index (χ3n) is 4.08. The highest BCUT2D eigenvalue weighted by atomic mass is 32.2. The van der Waals surface area contributed by atoms with E-state index in [1.807, 2.05) is 13.8 Å². The van der Waals surface area contributed by atoms with Gasteiger partial charge in [-0.1, -0.05) is 32.0 Å². The van der Waals surface area contributed by atoms with E-state index in [0.29, 0.717) is 16.9 Å². The lowest BCUT2D eigenvalue weighted by atomic mass is 10.1. The van der Waals surface area contributed by atoms with Crippen LogP contribution in [0.2, 0.25) is 0 Å². The highest BCUT2D eigenvalue weighted by Crippen LogP contribution is 2.23. The summed E-state index contributed by atoms with van der Waals surface area (Å²) in [6.07, 6.45) is 3.74. The van der Waals surface area contributed by atoms with Crippen LogP contribution in [0.25, 0.3) is 5.65 Å². The van der Waals surface area contributed by atoms with Crippen molar-refractivity contribution in [3.8, 4) is 0 Å². The maximum atomic E-state index is 12.1. The smallest absolute Gasteiger partial charge is 0.252 e. The number of benzene rings is 1. The van der Waals surface area contributed by atoms with Gasteiger partial charge in [0.25, 0.3) is 5.16 Å². The van der Waals surface area contributed by atoms with Gasteiger partial charge in [0.05, 0.1) is 18.1 Å². The number of anilines is 2. The summed E-state index contributed by atoms with van der Waals surface area (Å²) in [6, 6.07) is 6.87. The first-order valence-electron chi connectivity index (χ1n) is 8.71. The molecular formula is C17H22N6O4S2. The average molecular weight is 439 g/mol. The molecule has 3 rings (SSSR count). The molecule has 2 aromatic heterocycles. The van der Waals surface area contributed by atoms with Gasteiger partial charge in [0, 0.05) is 18.4 Å². The van der Waals surface area contributed by atoms with Crippen molar-refractivity contribution in [3.63, 3.8) is 0 Å². The van der Waals surface area contributed by atoms with Crippen molar-refractivity contribution in [2.24, 2.45) is 0 Å². The van der Waals surface area contributed by atoms with Gasteiger partial charge >= 0.3 is 0 Å². The quantitative estimate of drug-likeness (QED) is 0.568. The van der Waals surface area contributed by atoms with Crippen molar-refractivity contribution in [1.82, 2.24) is 19.6 Å². The van der Waals surface area contributed by atoms with Crippen LogP contribution in [-0.4, -0.2) is 48.9 Å². The maximum absolute atomic E-state index is 12.1. The molecule has 0 saturated carbocycles. The molecule has 12 heteroatoms. The molecule has 0 aliphatic heterocycles. The van der Waals surface area contributed by atoms with E-state index in [4.69, 9.17) is 0 Å². The summed E-state index contributed by atoms with van der Waals surface area (Å²) in [5, 5.41) is 7.02. The van der Waals surface area contributed by atoms with Gasteiger partial charge in [-0.3, -0.25) is 4.72 Å². The molecule has 0 bridgehead atoms. The van der Waals surface area contributed by atoms with Crippen LogP contribution in [0.5, 0.6) is 0 Å². The Hall–Kier alpha value is -2.73. The fourth-order valence-corrected chi connectivity index (χ4v) is 3.81. The minimum absolute atomic E-state index is 0.0855. The molecule has 0 saturated heterocycles. The van der Waals surface area contributed by atoms with Crippen LogP contribution in [0.1, 0.15) is 30.9 Å². The van der Waals surface area contributed by atoms with Crippen LogP contribution in [0.15, 0.2) is 35.6 Å². The zero-order valence-electron chi connectivity index (χ0n) is 16.4. The monoisotopic (exact) mass is 438 g/mol. The highest BCUT2D eigenvalue weighted by molar-refractivity contribution is 7.92. The number of sulfonamides is 1. The molecule has 0 aliphatic carbocycles.